The van der Waals surface area contributed by atoms with Crippen LogP contribution in [0.2, 0.25) is 0 Å². The summed E-state index contributed by atoms with van der Waals surface area (Å²) < 4.78 is 0. The second kappa shape index (κ2) is 4.27. The molecular weight excluding hydrogens is 148 g/mol. The molecule has 0 unspecified atom stereocenters. The second-order valence-electron chi connectivity index (χ2n) is 3.56. The third kappa shape index (κ3) is 2.67. The van der Waals surface area contributed by atoms with E-state index in [4.69, 9.17) is 0 Å². The van der Waals surface area contributed by atoms with Crippen LogP contribution in [0.25, 0.3) is 0 Å². The predicted molar refractivity (Wildman–Crippen MR) is 50.9 cm³/mol. The first-order valence-corrected chi connectivity index (χ1v) is 4.43. The van der Waals surface area contributed by atoms with E-state index < -0.39 is 0 Å². The summed E-state index contributed by atoms with van der Waals surface area (Å²) >= 11 is 0. The molecule has 0 radical (unpaired) electrons. The van der Waals surface area contributed by atoms with Crippen molar-refractivity contribution in [1.82, 2.24) is 0 Å². The minimum Gasteiger partial charge on any atom is -0.388 e. The Morgan fingerprint density at radius 3 is 2.25 bits per heavy atom. The van der Waals surface area contributed by atoms with Crippen molar-refractivity contribution in [3.63, 3.8) is 0 Å². The normalized spacial score (nSPS) is 13.3. The molecule has 0 heterocycles. The highest BCUT2D eigenvalue weighted by Gasteiger charge is 2.07. The van der Waals surface area contributed by atoms with Gasteiger partial charge in [0, 0.05) is 0 Å². The fraction of sp³-hybridized carbons (Fsp3) is 0.455. The summed E-state index contributed by atoms with van der Waals surface area (Å²) in [4.78, 5) is 0. The van der Waals surface area contributed by atoms with Crippen LogP contribution >= 0.6 is 0 Å². The molecule has 1 rings (SSSR count). The second-order valence-corrected chi connectivity index (χ2v) is 3.56. The Morgan fingerprint density at radius 1 is 1.17 bits per heavy atom. The zero-order chi connectivity index (χ0) is 8.97. The van der Waals surface area contributed by atoms with Gasteiger partial charge in [-0.1, -0.05) is 44.2 Å². The van der Waals surface area contributed by atoms with E-state index in [0.29, 0.717) is 5.92 Å². The molecule has 1 N–H and O–H groups in total. The van der Waals surface area contributed by atoms with Crippen molar-refractivity contribution < 1.29 is 5.11 Å². The molecule has 0 aliphatic heterocycles. The highest BCUT2D eigenvalue weighted by atomic mass is 16.3. The number of benzene rings is 1. The molecule has 0 aliphatic rings. The third-order valence-corrected chi connectivity index (χ3v) is 1.88. The lowest BCUT2D eigenvalue weighted by atomic mass is 10.00. The number of rotatable bonds is 3. The van der Waals surface area contributed by atoms with Crippen molar-refractivity contribution in [2.24, 2.45) is 5.92 Å². The molecule has 1 heteroatoms. The highest BCUT2D eigenvalue weighted by Crippen LogP contribution is 2.19. The summed E-state index contributed by atoms with van der Waals surface area (Å²) in [7, 11) is 0. The van der Waals surface area contributed by atoms with Gasteiger partial charge in [0.2, 0.25) is 0 Å². The van der Waals surface area contributed by atoms with Gasteiger partial charge in [0.05, 0.1) is 6.10 Å². The Hall–Kier alpha value is -0.820. The lowest BCUT2D eigenvalue weighted by Gasteiger charge is -2.12. The molecule has 1 aromatic rings. The van der Waals surface area contributed by atoms with Gasteiger partial charge in [-0.25, -0.2) is 0 Å². The van der Waals surface area contributed by atoms with Crippen LogP contribution in [0.15, 0.2) is 30.3 Å². The molecule has 12 heavy (non-hydrogen) atoms. The van der Waals surface area contributed by atoms with Crippen molar-refractivity contribution in [1.29, 1.82) is 0 Å². The molecule has 0 spiro atoms. The van der Waals surface area contributed by atoms with Crippen molar-refractivity contribution in [3.8, 4) is 0 Å². The lowest BCUT2D eigenvalue weighted by Crippen LogP contribution is -2.01. The highest BCUT2D eigenvalue weighted by molar-refractivity contribution is 5.17. The van der Waals surface area contributed by atoms with E-state index in [1.165, 1.54) is 0 Å². The molecule has 0 aliphatic carbocycles. The summed E-state index contributed by atoms with van der Waals surface area (Å²) in [6.07, 6.45) is 0.537. The zero-order valence-corrected chi connectivity index (χ0v) is 7.70. The van der Waals surface area contributed by atoms with E-state index in [1.54, 1.807) is 0 Å². The number of aliphatic hydroxyl groups excluding tert-OH is 1. The molecule has 1 aromatic carbocycles. The number of hydrogen-bond acceptors (Lipinski definition) is 1. The molecule has 0 fully saturated rings. The summed E-state index contributed by atoms with van der Waals surface area (Å²) in [6, 6.07) is 9.81. The van der Waals surface area contributed by atoms with Crippen LogP contribution in [-0.2, 0) is 0 Å². The van der Waals surface area contributed by atoms with E-state index in [9.17, 15) is 5.11 Å². The average Bonchev–Trinajstić information content (AvgIpc) is 2.05. The van der Waals surface area contributed by atoms with Crippen LogP contribution in [0.5, 0.6) is 0 Å². The van der Waals surface area contributed by atoms with Gasteiger partial charge in [-0.05, 0) is 17.9 Å². The van der Waals surface area contributed by atoms with Crippen molar-refractivity contribution in [3.05, 3.63) is 35.9 Å². The van der Waals surface area contributed by atoms with E-state index in [2.05, 4.69) is 13.8 Å². The van der Waals surface area contributed by atoms with Gasteiger partial charge in [0.15, 0.2) is 0 Å². The summed E-state index contributed by atoms with van der Waals surface area (Å²) in [5.74, 6) is 0.542. The van der Waals surface area contributed by atoms with E-state index >= 15 is 0 Å². The molecule has 0 amide bonds. The molecule has 66 valence electrons. The smallest absolute Gasteiger partial charge is 0.0792 e. The van der Waals surface area contributed by atoms with Crippen molar-refractivity contribution in [2.75, 3.05) is 0 Å². The monoisotopic (exact) mass is 164 g/mol. The Labute approximate surface area is 74.1 Å². The maximum atomic E-state index is 9.69. The standard InChI is InChI=1S/C11H16O/c1-9(2)8-11(12)10-6-4-3-5-7-10/h3-7,9,11-12H,8H2,1-2H3/t11-/m0/s1. The number of hydrogen-bond donors (Lipinski definition) is 1. The van der Waals surface area contributed by atoms with Gasteiger partial charge < -0.3 is 5.11 Å². The molecule has 0 saturated heterocycles. The first-order chi connectivity index (χ1) is 5.70. The van der Waals surface area contributed by atoms with E-state index in [-0.39, 0.29) is 6.10 Å². The van der Waals surface area contributed by atoms with Gasteiger partial charge in [-0.3, -0.25) is 0 Å². The zero-order valence-electron chi connectivity index (χ0n) is 7.70. The van der Waals surface area contributed by atoms with Crippen LogP contribution in [0.4, 0.5) is 0 Å². The fourth-order valence-electron chi connectivity index (χ4n) is 1.26. The van der Waals surface area contributed by atoms with Crippen molar-refractivity contribution >= 4 is 0 Å². The van der Waals surface area contributed by atoms with Crippen LogP contribution in [0.3, 0.4) is 0 Å². The topological polar surface area (TPSA) is 20.2 Å². The minimum absolute atomic E-state index is 0.300. The predicted octanol–water partition coefficient (Wildman–Crippen LogP) is 2.77. The van der Waals surface area contributed by atoms with Gasteiger partial charge in [0.1, 0.15) is 0 Å². The van der Waals surface area contributed by atoms with Crippen molar-refractivity contribution in [2.45, 2.75) is 26.4 Å². The van der Waals surface area contributed by atoms with Gasteiger partial charge in [-0.2, -0.15) is 0 Å². The molecule has 0 bridgehead atoms. The van der Waals surface area contributed by atoms with E-state index in [1.807, 2.05) is 30.3 Å². The lowest BCUT2D eigenvalue weighted by molar-refractivity contribution is 0.151. The average molecular weight is 164 g/mol. The Morgan fingerprint density at radius 2 is 1.75 bits per heavy atom. The maximum absolute atomic E-state index is 9.69. The fourth-order valence-corrected chi connectivity index (χ4v) is 1.26. The van der Waals surface area contributed by atoms with Crippen LogP contribution in [-0.4, -0.2) is 5.11 Å². The first-order valence-electron chi connectivity index (χ1n) is 4.43. The SMILES string of the molecule is CC(C)C[C@H](O)c1ccccc1. The largest absolute Gasteiger partial charge is 0.388 e. The van der Waals surface area contributed by atoms with Gasteiger partial charge >= 0.3 is 0 Å². The van der Waals surface area contributed by atoms with Gasteiger partial charge in [0.25, 0.3) is 0 Å². The molecule has 1 nitrogen and oxygen atoms in total. The Bertz CT molecular complexity index is 216. The summed E-state index contributed by atoms with van der Waals surface area (Å²) in [6.45, 7) is 4.23. The quantitative estimate of drug-likeness (QED) is 0.728. The third-order valence-electron chi connectivity index (χ3n) is 1.88. The first kappa shape index (κ1) is 9.27. The molecular formula is C11H16O. The van der Waals surface area contributed by atoms with Crippen LogP contribution in [0.1, 0.15) is 31.9 Å². The molecule has 0 saturated carbocycles. The van der Waals surface area contributed by atoms with Gasteiger partial charge in [-0.15, -0.1) is 0 Å². The Balaban J connectivity index is 2.59. The Kier molecular flexibility index (Phi) is 3.30. The molecule has 1 atom stereocenters. The maximum Gasteiger partial charge on any atom is 0.0792 e. The van der Waals surface area contributed by atoms with Crippen LogP contribution in [0, 0.1) is 5.92 Å². The van der Waals surface area contributed by atoms with E-state index in [0.717, 1.165) is 12.0 Å². The minimum atomic E-state index is -0.300. The molecule has 0 aromatic heterocycles. The number of aliphatic hydroxyl groups is 1. The summed E-state index contributed by atoms with van der Waals surface area (Å²) in [5, 5.41) is 9.69. The van der Waals surface area contributed by atoms with Crippen LogP contribution < -0.4 is 0 Å². The summed E-state index contributed by atoms with van der Waals surface area (Å²) in [5.41, 5.74) is 1.02.